The average Bonchev–Trinajstić information content (AvgIpc) is 3.89. The molecule has 6 aliphatic heterocycles. The van der Waals surface area contributed by atoms with Crippen LogP contribution in [0, 0.1) is 0 Å². The molecule has 47 heavy (non-hydrogen) atoms. The molecule has 2 aromatic heterocycles. The van der Waals surface area contributed by atoms with E-state index in [0.717, 1.165) is 39.0 Å². The molecule has 0 bridgehead atoms. The van der Waals surface area contributed by atoms with Crippen molar-refractivity contribution in [2.75, 3.05) is 26.2 Å². The van der Waals surface area contributed by atoms with Crippen LogP contribution in [0.15, 0.2) is 47.2 Å². The minimum atomic E-state index is 0. The second-order valence-electron chi connectivity index (χ2n) is 14.5. The van der Waals surface area contributed by atoms with Gasteiger partial charge in [0.2, 0.25) is 0 Å². The summed E-state index contributed by atoms with van der Waals surface area (Å²) in [5.74, 6) is 1.32. The third-order valence-electron chi connectivity index (χ3n) is 11.3. The summed E-state index contributed by atoms with van der Waals surface area (Å²) in [7, 11) is 0. The Balaban J connectivity index is 0.000000161. The topological polar surface area (TPSA) is 84.6 Å². The van der Waals surface area contributed by atoms with Crippen molar-refractivity contribution >= 4 is 22.7 Å². The van der Waals surface area contributed by atoms with Crippen molar-refractivity contribution < 1.29 is 19.5 Å². The number of thiophene rings is 2. The molecule has 9 heteroatoms. The maximum absolute atomic E-state index is 5.31. The number of rotatable bonds is 6. The van der Waals surface area contributed by atoms with Crippen LogP contribution in [0.1, 0.15) is 111 Å². The van der Waals surface area contributed by atoms with Crippen LogP contribution < -0.4 is 0 Å². The van der Waals surface area contributed by atoms with E-state index < -0.39 is 0 Å². The van der Waals surface area contributed by atoms with Gasteiger partial charge in [-0.15, -0.1) is 67.0 Å². The van der Waals surface area contributed by atoms with Crippen LogP contribution in [0.5, 0.6) is 0 Å². The molecule has 8 rings (SSSR count). The third-order valence-corrected chi connectivity index (χ3v) is 13.3. The Kier molecular flexibility index (Phi) is 14.4. The van der Waals surface area contributed by atoms with E-state index in [1.807, 2.05) is 22.7 Å². The van der Waals surface area contributed by atoms with Crippen molar-refractivity contribution in [3.05, 3.63) is 88.8 Å². The van der Waals surface area contributed by atoms with E-state index in [1.54, 1.807) is 4.88 Å². The summed E-state index contributed by atoms with van der Waals surface area (Å²) in [5.41, 5.74) is 0. The van der Waals surface area contributed by atoms with Gasteiger partial charge < -0.3 is 31.9 Å². The monoisotopic (exact) mass is 760 g/mol. The standard InChI is InChI=1S/C19H28N3S.C19H26N3S.Ru/c2*1-3-9-20-15(6-1)17-12-14(19-8-5-11-23-19)13-18(22-17)16-7-2-4-10-21-16;/h5,8,11,14-18H,1-4,6-7,9-10,12-13H2;1,5-6,8,11,14-18H,2-4,7,9-10,12-13H2;/q2*-3;+8. The van der Waals surface area contributed by atoms with Crippen LogP contribution in [-0.4, -0.2) is 74.5 Å². The zero-order valence-electron chi connectivity index (χ0n) is 28.0. The smallest absolute Gasteiger partial charge is 0.661 e. The molecule has 0 spiro atoms. The Bertz CT molecular complexity index is 1130. The predicted molar refractivity (Wildman–Crippen MR) is 198 cm³/mol. The second kappa shape index (κ2) is 18.7. The number of hydrogen-bond acceptors (Lipinski definition) is 2. The zero-order valence-corrected chi connectivity index (χ0v) is 31.3. The molecule has 5 fully saturated rings. The van der Waals surface area contributed by atoms with E-state index in [4.69, 9.17) is 31.9 Å². The maximum Gasteiger partial charge on any atom is 8.00 e. The van der Waals surface area contributed by atoms with Crippen LogP contribution in [0.25, 0.3) is 31.9 Å². The molecular weight excluding hydrogens is 706 g/mol. The van der Waals surface area contributed by atoms with E-state index >= 15 is 0 Å². The first-order valence-corrected chi connectivity index (χ1v) is 20.4. The molecule has 6 aliphatic rings. The van der Waals surface area contributed by atoms with E-state index in [2.05, 4.69) is 47.2 Å². The van der Waals surface area contributed by atoms with Gasteiger partial charge in [-0.2, -0.15) is 36.3 Å². The summed E-state index contributed by atoms with van der Waals surface area (Å²) in [5, 5.41) is 34.6. The fourth-order valence-corrected chi connectivity index (χ4v) is 10.5. The Hall–Kier alpha value is -0.477. The van der Waals surface area contributed by atoms with Gasteiger partial charge in [-0.25, -0.2) is 0 Å². The van der Waals surface area contributed by atoms with E-state index in [-0.39, 0.29) is 19.5 Å². The van der Waals surface area contributed by atoms with Gasteiger partial charge in [0.05, 0.1) is 0 Å². The molecule has 0 aromatic carbocycles. The summed E-state index contributed by atoms with van der Waals surface area (Å²) >= 11 is 3.83. The molecule has 254 valence electrons. The zero-order chi connectivity index (χ0) is 31.0. The van der Waals surface area contributed by atoms with Crippen molar-refractivity contribution in [3.63, 3.8) is 0 Å². The SMILES string of the molecule is C1=CC(C2CC(c3cccs3)CC(C3CCCC[N-]3)[N-]2)[N-]CC1.[Ru+8].c1csc(C2CC(C3CCCC[N-]3)[N-]C(C3CCCC[N-]3)C2)c1. The normalized spacial score (nSPS) is 38.0. The van der Waals surface area contributed by atoms with Crippen molar-refractivity contribution in [2.45, 2.75) is 150 Å². The van der Waals surface area contributed by atoms with Crippen molar-refractivity contribution in [1.82, 2.24) is 0 Å². The van der Waals surface area contributed by atoms with Crippen LogP contribution in [-0.2, 0) is 19.5 Å². The van der Waals surface area contributed by atoms with Gasteiger partial charge in [0.25, 0.3) is 0 Å². The van der Waals surface area contributed by atoms with Crippen LogP contribution in [0.4, 0.5) is 0 Å². The average molecular weight is 760 g/mol. The minimum absolute atomic E-state index is 0. The molecule has 0 radical (unpaired) electrons. The van der Waals surface area contributed by atoms with Crippen LogP contribution >= 0.6 is 22.7 Å². The molecule has 2 aromatic rings. The summed E-state index contributed by atoms with van der Waals surface area (Å²) < 4.78 is 0. The largest absolute Gasteiger partial charge is 8.00 e. The molecule has 0 N–H and O–H groups in total. The van der Waals surface area contributed by atoms with Gasteiger partial charge in [-0.3, -0.25) is 0 Å². The Morgan fingerprint density at radius 2 is 0.979 bits per heavy atom. The summed E-state index contributed by atoms with van der Waals surface area (Å²) in [6, 6.07) is 12.4. The van der Waals surface area contributed by atoms with Crippen molar-refractivity contribution in [3.8, 4) is 0 Å². The molecule has 9 unspecified atom stereocenters. The van der Waals surface area contributed by atoms with E-state index in [1.165, 1.54) is 81.9 Å². The minimum Gasteiger partial charge on any atom is -0.661 e. The fourth-order valence-electron chi connectivity index (χ4n) is 8.83. The number of piperidine rings is 5. The summed E-state index contributed by atoms with van der Waals surface area (Å²) in [6.07, 6.45) is 22.0. The van der Waals surface area contributed by atoms with E-state index in [9.17, 15) is 0 Å². The first kappa shape index (κ1) is 36.3. The van der Waals surface area contributed by atoms with Crippen molar-refractivity contribution in [2.24, 2.45) is 0 Å². The second-order valence-corrected chi connectivity index (χ2v) is 16.4. The number of nitrogens with zero attached hydrogens (tertiary/aromatic N) is 6. The molecule has 8 heterocycles. The summed E-state index contributed by atoms with van der Waals surface area (Å²) in [6.45, 7) is 4.12. The molecule has 0 aliphatic carbocycles. The molecule has 6 nitrogen and oxygen atoms in total. The Morgan fingerprint density at radius 3 is 1.36 bits per heavy atom. The Labute approximate surface area is 305 Å². The first-order valence-electron chi connectivity index (χ1n) is 18.6. The molecular formula is C38H54N6RuS2+2. The van der Waals surface area contributed by atoms with Crippen LogP contribution in [0.3, 0.4) is 0 Å². The first-order chi connectivity index (χ1) is 22.8. The quantitative estimate of drug-likeness (QED) is 0.207. The molecule has 0 saturated carbocycles. The Morgan fingerprint density at radius 1 is 0.511 bits per heavy atom. The summed E-state index contributed by atoms with van der Waals surface area (Å²) in [4.78, 5) is 3.09. The van der Waals surface area contributed by atoms with Gasteiger partial charge in [-0.1, -0.05) is 108 Å². The van der Waals surface area contributed by atoms with Gasteiger partial charge in [0, 0.05) is 9.75 Å². The molecule has 9 atom stereocenters. The fraction of sp³-hybridized carbons (Fsp3) is 0.737. The molecule has 5 saturated heterocycles. The molecule has 0 amide bonds. The van der Waals surface area contributed by atoms with Crippen LogP contribution in [0.2, 0.25) is 0 Å². The maximum atomic E-state index is 5.31. The van der Waals surface area contributed by atoms with Crippen molar-refractivity contribution in [1.29, 1.82) is 0 Å². The number of hydrogen-bond donors (Lipinski definition) is 0. The van der Waals surface area contributed by atoms with Gasteiger partial charge >= 0.3 is 19.5 Å². The predicted octanol–water partition coefficient (Wildman–Crippen LogP) is 11.0. The third kappa shape index (κ3) is 9.86. The van der Waals surface area contributed by atoms with Gasteiger partial charge in [0.15, 0.2) is 0 Å². The van der Waals surface area contributed by atoms with Gasteiger partial charge in [-0.05, 0) is 34.7 Å². The van der Waals surface area contributed by atoms with Gasteiger partial charge in [0.1, 0.15) is 0 Å². The van der Waals surface area contributed by atoms with E-state index in [0.29, 0.717) is 60.2 Å².